The van der Waals surface area contributed by atoms with Crippen LogP contribution in [0, 0.1) is 6.92 Å². The Morgan fingerprint density at radius 3 is 2.76 bits per heavy atom. The maximum atomic E-state index is 12.2. The summed E-state index contributed by atoms with van der Waals surface area (Å²) in [6.45, 7) is 6.14. The molecule has 0 radical (unpaired) electrons. The van der Waals surface area contributed by atoms with Gasteiger partial charge >= 0.3 is 6.03 Å². The summed E-state index contributed by atoms with van der Waals surface area (Å²) in [5, 5.41) is 6.53. The zero-order valence-electron chi connectivity index (χ0n) is 14.1. The van der Waals surface area contributed by atoms with Gasteiger partial charge in [-0.05, 0) is 12.5 Å². The summed E-state index contributed by atoms with van der Waals surface area (Å²) in [4.78, 5) is 31.6. The van der Waals surface area contributed by atoms with Gasteiger partial charge in [0, 0.05) is 13.6 Å². The number of aryl methyl sites for hydroxylation is 1. The van der Waals surface area contributed by atoms with Crippen LogP contribution in [0.2, 0.25) is 0 Å². The second kappa shape index (κ2) is 6.76. The van der Waals surface area contributed by atoms with E-state index in [1.165, 1.54) is 10.5 Å². The van der Waals surface area contributed by atoms with Crippen LogP contribution in [0.15, 0.2) is 47.0 Å². The van der Waals surface area contributed by atoms with Gasteiger partial charge in [-0.3, -0.25) is 10.1 Å². The minimum atomic E-state index is -0.599. The number of amides is 3. The first-order valence-electron chi connectivity index (χ1n) is 7.90. The molecule has 2 aliphatic heterocycles. The zero-order chi connectivity index (χ0) is 18.0. The second-order valence-corrected chi connectivity index (χ2v) is 5.94. The van der Waals surface area contributed by atoms with Crippen LogP contribution in [-0.4, -0.2) is 59.7 Å². The number of rotatable bonds is 4. The van der Waals surface area contributed by atoms with Crippen LogP contribution in [0.5, 0.6) is 0 Å². The van der Waals surface area contributed by atoms with Crippen LogP contribution < -0.4 is 10.7 Å². The molecule has 0 aliphatic carbocycles. The van der Waals surface area contributed by atoms with Crippen LogP contribution in [0.1, 0.15) is 11.1 Å². The Kier molecular flexibility index (Phi) is 4.51. The van der Waals surface area contributed by atoms with Crippen molar-refractivity contribution in [3.8, 4) is 0 Å². The third-order valence-electron chi connectivity index (χ3n) is 4.14. The molecule has 0 saturated carbocycles. The highest BCUT2D eigenvalue weighted by molar-refractivity contribution is 6.03. The van der Waals surface area contributed by atoms with Gasteiger partial charge in [-0.25, -0.2) is 15.2 Å². The van der Waals surface area contributed by atoms with Crippen molar-refractivity contribution in [3.63, 3.8) is 0 Å². The number of hydrogen-bond acceptors (Lipinski definition) is 6. The van der Waals surface area contributed by atoms with Gasteiger partial charge < -0.3 is 9.80 Å². The molecule has 0 spiro atoms. The van der Waals surface area contributed by atoms with Crippen molar-refractivity contribution in [1.82, 2.24) is 20.5 Å². The van der Waals surface area contributed by atoms with E-state index in [9.17, 15) is 9.59 Å². The Morgan fingerprint density at radius 2 is 2.08 bits per heavy atom. The van der Waals surface area contributed by atoms with Gasteiger partial charge in [0.05, 0.1) is 6.21 Å². The van der Waals surface area contributed by atoms with Crippen LogP contribution >= 0.6 is 0 Å². The first-order valence-corrected chi connectivity index (χ1v) is 7.90. The number of carbonyl (C=O) groups is 2. The highest BCUT2D eigenvalue weighted by Crippen LogP contribution is 2.23. The lowest BCUT2D eigenvalue weighted by molar-refractivity contribution is -0.126. The minimum Gasteiger partial charge on any atom is -0.322 e. The first-order chi connectivity index (χ1) is 12.0. The van der Waals surface area contributed by atoms with E-state index in [2.05, 4.69) is 27.4 Å². The number of carbonyl (C=O) groups excluding carboxylic acids is 2. The molecule has 25 heavy (non-hydrogen) atoms. The summed E-state index contributed by atoms with van der Waals surface area (Å²) in [5.74, 6) is 0.0491. The van der Waals surface area contributed by atoms with Gasteiger partial charge in [-0.2, -0.15) is 5.10 Å². The molecule has 130 valence electrons. The van der Waals surface area contributed by atoms with E-state index < -0.39 is 18.2 Å². The van der Waals surface area contributed by atoms with Crippen molar-refractivity contribution < 1.29 is 9.59 Å². The number of aliphatic imine (C=N–C) groups is 1. The minimum absolute atomic E-state index is 0.377. The van der Waals surface area contributed by atoms with E-state index in [0.29, 0.717) is 12.5 Å². The molecule has 2 N–H and O–H groups in total. The zero-order valence-corrected chi connectivity index (χ0v) is 14.1. The summed E-state index contributed by atoms with van der Waals surface area (Å²) in [6.07, 6.45) is 2.76. The molecular weight excluding hydrogens is 320 g/mol. The Hall–Kier alpha value is -3.16. The van der Waals surface area contributed by atoms with Crippen molar-refractivity contribution in [2.75, 3.05) is 13.6 Å². The normalized spacial score (nSPS) is 22.7. The molecule has 1 saturated heterocycles. The number of benzene rings is 1. The Balaban J connectivity index is 1.78. The largest absolute Gasteiger partial charge is 0.325 e. The van der Waals surface area contributed by atoms with Gasteiger partial charge in [0.2, 0.25) is 5.96 Å². The fourth-order valence-corrected chi connectivity index (χ4v) is 2.77. The lowest BCUT2D eigenvalue weighted by Gasteiger charge is -2.35. The molecule has 0 bridgehead atoms. The van der Waals surface area contributed by atoms with Crippen LogP contribution in [0.3, 0.4) is 0 Å². The molecule has 1 aromatic carbocycles. The van der Waals surface area contributed by atoms with E-state index in [1.807, 2.05) is 31.2 Å². The average Bonchev–Trinajstić information content (AvgIpc) is 2.94. The molecular formula is C17H20N6O2. The van der Waals surface area contributed by atoms with E-state index in [0.717, 1.165) is 5.56 Å². The Bertz CT molecular complexity index is 755. The van der Waals surface area contributed by atoms with E-state index in [4.69, 9.17) is 0 Å². The number of imide groups is 1. The smallest absolute Gasteiger partial charge is 0.322 e. The number of nitrogens with one attached hydrogen (secondary N) is 2. The monoisotopic (exact) mass is 340 g/mol. The number of nitrogens with zero attached hydrogens (tertiary/aromatic N) is 4. The molecule has 2 heterocycles. The molecule has 0 aromatic heterocycles. The van der Waals surface area contributed by atoms with Crippen molar-refractivity contribution >= 4 is 24.1 Å². The summed E-state index contributed by atoms with van der Waals surface area (Å²) >= 11 is 0. The lowest BCUT2D eigenvalue weighted by Crippen LogP contribution is -2.64. The first kappa shape index (κ1) is 16.7. The van der Waals surface area contributed by atoms with Crippen LogP contribution in [0.25, 0.3) is 0 Å². The fourth-order valence-electron chi connectivity index (χ4n) is 2.77. The summed E-state index contributed by atoms with van der Waals surface area (Å²) in [6, 6.07) is 6.85. The SMILES string of the molecule is C=CCN1C(N/N=C/c2ccc(C)cc2)=NC2C1C(=O)NC(=O)N2C. The topological polar surface area (TPSA) is 89.4 Å². The number of fused-ring (bicyclic) bond motifs is 1. The molecule has 8 nitrogen and oxygen atoms in total. The summed E-state index contributed by atoms with van der Waals surface area (Å²) in [7, 11) is 1.60. The van der Waals surface area contributed by atoms with Gasteiger partial charge in [0.1, 0.15) is 0 Å². The highest BCUT2D eigenvalue weighted by atomic mass is 16.2. The van der Waals surface area contributed by atoms with Crippen molar-refractivity contribution in [2.24, 2.45) is 10.1 Å². The quantitative estimate of drug-likeness (QED) is 0.478. The number of urea groups is 1. The maximum absolute atomic E-state index is 12.2. The number of hydrogen-bond donors (Lipinski definition) is 2. The molecule has 2 aliphatic rings. The predicted octanol–water partition coefficient (Wildman–Crippen LogP) is 0.652. The Morgan fingerprint density at radius 1 is 1.36 bits per heavy atom. The third kappa shape index (κ3) is 3.23. The van der Waals surface area contributed by atoms with Gasteiger partial charge in [0.25, 0.3) is 5.91 Å². The molecule has 2 atom stereocenters. The molecule has 1 aromatic rings. The highest BCUT2D eigenvalue weighted by Gasteiger charge is 2.48. The molecule has 8 heteroatoms. The second-order valence-electron chi connectivity index (χ2n) is 5.94. The van der Waals surface area contributed by atoms with Crippen molar-refractivity contribution in [2.45, 2.75) is 19.1 Å². The van der Waals surface area contributed by atoms with Crippen molar-refractivity contribution in [1.29, 1.82) is 0 Å². The third-order valence-corrected chi connectivity index (χ3v) is 4.14. The number of likely N-dealkylation sites (N-methyl/N-ethyl adjacent to an activating group) is 1. The fraction of sp³-hybridized carbons (Fsp3) is 0.294. The standard InChI is InChI=1S/C17H20N6O2/c1-4-9-23-13-14(22(3)17(25)20-15(13)24)19-16(23)21-18-10-12-7-5-11(2)6-8-12/h4-8,10,13-14H,1,9H2,2-3H3,(H,19,21)(H,20,24,25)/b18-10+. The molecule has 2 unspecified atom stereocenters. The van der Waals surface area contributed by atoms with Crippen LogP contribution in [-0.2, 0) is 4.79 Å². The average molecular weight is 340 g/mol. The summed E-state index contributed by atoms with van der Waals surface area (Å²) in [5.41, 5.74) is 4.98. The van der Waals surface area contributed by atoms with E-state index >= 15 is 0 Å². The number of hydrazone groups is 1. The van der Waals surface area contributed by atoms with Gasteiger partial charge in [-0.1, -0.05) is 35.9 Å². The maximum Gasteiger partial charge on any atom is 0.325 e. The summed E-state index contributed by atoms with van der Waals surface area (Å²) < 4.78 is 0. The predicted molar refractivity (Wildman–Crippen MR) is 95.1 cm³/mol. The van der Waals surface area contributed by atoms with Crippen molar-refractivity contribution in [3.05, 3.63) is 48.0 Å². The van der Waals surface area contributed by atoms with Crippen LogP contribution in [0.4, 0.5) is 4.79 Å². The molecule has 3 amide bonds. The molecule has 3 rings (SSSR count). The van der Waals surface area contributed by atoms with Gasteiger partial charge in [0.15, 0.2) is 12.2 Å². The number of guanidine groups is 1. The van der Waals surface area contributed by atoms with E-state index in [1.54, 1.807) is 24.2 Å². The molecule has 1 fully saturated rings. The lowest BCUT2D eigenvalue weighted by atomic mass is 10.1. The van der Waals surface area contributed by atoms with E-state index in [-0.39, 0.29) is 5.91 Å². The van der Waals surface area contributed by atoms with Gasteiger partial charge in [-0.15, -0.1) is 6.58 Å². The Labute approximate surface area is 145 Å².